The lowest BCUT2D eigenvalue weighted by molar-refractivity contribution is 0.0490. The summed E-state index contributed by atoms with van der Waals surface area (Å²) in [6.07, 6.45) is 2.07. The third-order valence-corrected chi connectivity index (χ3v) is 3.28. The summed E-state index contributed by atoms with van der Waals surface area (Å²) in [4.78, 5) is 4.68. The second kappa shape index (κ2) is 6.11. The SMILES string of the molecule is Cc1ccc(C(N)=S)c(OCC2CCOCC2)n1. The lowest BCUT2D eigenvalue weighted by atomic mass is 10.0. The van der Waals surface area contributed by atoms with Crippen molar-refractivity contribution in [3.05, 3.63) is 23.4 Å². The van der Waals surface area contributed by atoms with Crippen molar-refractivity contribution in [2.24, 2.45) is 11.7 Å². The Balaban J connectivity index is 2.03. The highest BCUT2D eigenvalue weighted by atomic mass is 32.1. The number of aromatic nitrogens is 1. The highest BCUT2D eigenvalue weighted by Crippen LogP contribution is 2.20. The van der Waals surface area contributed by atoms with Gasteiger partial charge in [-0.15, -0.1) is 0 Å². The van der Waals surface area contributed by atoms with E-state index >= 15 is 0 Å². The fraction of sp³-hybridized carbons (Fsp3) is 0.538. The topological polar surface area (TPSA) is 57.4 Å². The lowest BCUT2D eigenvalue weighted by Crippen LogP contribution is -2.22. The summed E-state index contributed by atoms with van der Waals surface area (Å²) < 4.78 is 11.1. The van der Waals surface area contributed by atoms with Crippen LogP contribution in [0.2, 0.25) is 0 Å². The molecule has 2 N–H and O–H groups in total. The molecule has 0 atom stereocenters. The van der Waals surface area contributed by atoms with Crippen LogP contribution in [-0.4, -0.2) is 29.8 Å². The fourth-order valence-corrected chi connectivity index (χ4v) is 2.10. The minimum Gasteiger partial charge on any atom is -0.477 e. The largest absolute Gasteiger partial charge is 0.477 e. The molecule has 1 aromatic rings. The molecule has 1 saturated heterocycles. The Morgan fingerprint density at radius 1 is 1.50 bits per heavy atom. The maximum absolute atomic E-state index is 5.78. The Hall–Kier alpha value is -1.20. The number of pyridine rings is 1. The molecule has 1 aliphatic rings. The number of aryl methyl sites for hydroxylation is 1. The van der Waals surface area contributed by atoms with Crippen LogP contribution in [0.1, 0.15) is 24.1 Å². The van der Waals surface area contributed by atoms with Crippen molar-refractivity contribution in [3.63, 3.8) is 0 Å². The molecule has 0 aromatic carbocycles. The highest BCUT2D eigenvalue weighted by Gasteiger charge is 2.16. The Morgan fingerprint density at radius 2 is 2.22 bits per heavy atom. The van der Waals surface area contributed by atoms with Crippen LogP contribution in [0.25, 0.3) is 0 Å². The molecule has 18 heavy (non-hydrogen) atoms. The van der Waals surface area contributed by atoms with E-state index in [4.69, 9.17) is 27.4 Å². The van der Waals surface area contributed by atoms with Crippen LogP contribution in [0, 0.1) is 12.8 Å². The third-order valence-electron chi connectivity index (χ3n) is 3.06. The van der Waals surface area contributed by atoms with Gasteiger partial charge in [-0.1, -0.05) is 12.2 Å². The quantitative estimate of drug-likeness (QED) is 0.843. The standard InChI is InChI=1S/C13H18N2O2S/c1-9-2-3-11(12(14)18)13(15-9)17-8-10-4-6-16-7-5-10/h2-3,10H,4-8H2,1H3,(H2,14,18). The molecular formula is C13H18N2O2S. The van der Waals surface area contributed by atoms with Gasteiger partial charge in [-0.3, -0.25) is 0 Å². The van der Waals surface area contributed by atoms with Gasteiger partial charge in [0.15, 0.2) is 0 Å². The van der Waals surface area contributed by atoms with E-state index in [0.717, 1.165) is 31.7 Å². The summed E-state index contributed by atoms with van der Waals surface area (Å²) in [5, 5.41) is 0. The Bertz CT molecular complexity index is 431. The zero-order valence-corrected chi connectivity index (χ0v) is 11.3. The van der Waals surface area contributed by atoms with Crippen molar-refractivity contribution < 1.29 is 9.47 Å². The first-order valence-electron chi connectivity index (χ1n) is 6.15. The summed E-state index contributed by atoms with van der Waals surface area (Å²) >= 11 is 5.00. The summed E-state index contributed by atoms with van der Waals surface area (Å²) in [5.41, 5.74) is 7.28. The van der Waals surface area contributed by atoms with Crippen molar-refractivity contribution >= 4 is 17.2 Å². The van der Waals surface area contributed by atoms with Crippen molar-refractivity contribution in [1.29, 1.82) is 0 Å². The first-order valence-corrected chi connectivity index (χ1v) is 6.55. The van der Waals surface area contributed by atoms with Crippen LogP contribution in [0.15, 0.2) is 12.1 Å². The van der Waals surface area contributed by atoms with Crippen LogP contribution in [-0.2, 0) is 4.74 Å². The Kier molecular flexibility index (Phi) is 4.49. The molecule has 0 bridgehead atoms. The summed E-state index contributed by atoms with van der Waals surface area (Å²) in [5.74, 6) is 1.08. The van der Waals surface area contributed by atoms with Crippen LogP contribution in [0.5, 0.6) is 5.88 Å². The predicted molar refractivity (Wildman–Crippen MR) is 73.9 cm³/mol. The number of nitrogens with two attached hydrogens (primary N) is 1. The normalized spacial score (nSPS) is 16.5. The number of hydrogen-bond acceptors (Lipinski definition) is 4. The maximum Gasteiger partial charge on any atom is 0.223 e. The third kappa shape index (κ3) is 3.40. The van der Waals surface area contributed by atoms with E-state index in [0.29, 0.717) is 29.0 Å². The van der Waals surface area contributed by atoms with Gasteiger partial charge in [-0.2, -0.15) is 0 Å². The van der Waals surface area contributed by atoms with E-state index in [2.05, 4.69) is 4.98 Å². The zero-order valence-electron chi connectivity index (χ0n) is 10.5. The van der Waals surface area contributed by atoms with Gasteiger partial charge < -0.3 is 15.2 Å². The van der Waals surface area contributed by atoms with Crippen molar-refractivity contribution in [1.82, 2.24) is 4.98 Å². The molecule has 1 aliphatic heterocycles. The average molecular weight is 266 g/mol. The average Bonchev–Trinajstić information content (AvgIpc) is 2.37. The summed E-state index contributed by atoms with van der Waals surface area (Å²) in [6.45, 7) is 4.20. The molecule has 0 saturated carbocycles. The lowest BCUT2D eigenvalue weighted by Gasteiger charge is -2.22. The van der Waals surface area contributed by atoms with Gasteiger partial charge in [-0.25, -0.2) is 4.98 Å². The molecule has 0 amide bonds. The molecule has 1 aromatic heterocycles. The van der Waals surface area contributed by atoms with Gasteiger partial charge in [0.2, 0.25) is 5.88 Å². The molecule has 5 heteroatoms. The van der Waals surface area contributed by atoms with Gasteiger partial charge in [0.25, 0.3) is 0 Å². The molecule has 0 radical (unpaired) electrons. The maximum atomic E-state index is 5.78. The first kappa shape index (κ1) is 13.2. The minimum atomic E-state index is 0.324. The van der Waals surface area contributed by atoms with E-state index in [1.165, 1.54) is 0 Å². The molecule has 98 valence electrons. The van der Waals surface area contributed by atoms with Gasteiger partial charge in [0.1, 0.15) is 4.99 Å². The van der Waals surface area contributed by atoms with Crippen LogP contribution >= 0.6 is 12.2 Å². The van der Waals surface area contributed by atoms with E-state index in [9.17, 15) is 0 Å². The van der Waals surface area contributed by atoms with E-state index in [1.807, 2.05) is 19.1 Å². The van der Waals surface area contributed by atoms with Gasteiger partial charge in [0, 0.05) is 18.9 Å². The van der Waals surface area contributed by atoms with Crippen molar-refractivity contribution in [2.75, 3.05) is 19.8 Å². The van der Waals surface area contributed by atoms with Crippen LogP contribution in [0.3, 0.4) is 0 Å². The summed E-state index contributed by atoms with van der Waals surface area (Å²) in [7, 11) is 0. The number of hydrogen-bond donors (Lipinski definition) is 1. The number of ether oxygens (including phenoxy) is 2. The van der Waals surface area contributed by atoms with Crippen molar-refractivity contribution in [2.45, 2.75) is 19.8 Å². The molecule has 0 unspecified atom stereocenters. The first-order chi connectivity index (χ1) is 8.66. The molecule has 2 rings (SSSR count). The number of rotatable bonds is 4. The zero-order chi connectivity index (χ0) is 13.0. The Morgan fingerprint density at radius 3 is 2.89 bits per heavy atom. The number of thiocarbonyl (C=S) groups is 1. The second-order valence-corrected chi connectivity index (χ2v) is 4.98. The van der Waals surface area contributed by atoms with Gasteiger partial charge in [0.05, 0.1) is 12.2 Å². The molecule has 2 heterocycles. The van der Waals surface area contributed by atoms with Crippen LogP contribution < -0.4 is 10.5 Å². The minimum absolute atomic E-state index is 0.324. The Labute approximate surface area is 112 Å². The predicted octanol–water partition coefficient (Wildman–Crippen LogP) is 1.83. The van der Waals surface area contributed by atoms with Gasteiger partial charge in [-0.05, 0) is 37.8 Å². The highest BCUT2D eigenvalue weighted by molar-refractivity contribution is 7.80. The monoisotopic (exact) mass is 266 g/mol. The fourth-order valence-electron chi connectivity index (χ4n) is 1.94. The number of nitrogens with zero attached hydrogens (tertiary/aromatic N) is 1. The molecule has 0 aliphatic carbocycles. The van der Waals surface area contributed by atoms with Crippen molar-refractivity contribution in [3.8, 4) is 5.88 Å². The smallest absolute Gasteiger partial charge is 0.223 e. The van der Waals surface area contributed by atoms with Crippen LogP contribution in [0.4, 0.5) is 0 Å². The molecule has 4 nitrogen and oxygen atoms in total. The second-order valence-electron chi connectivity index (χ2n) is 4.54. The summed E-state index contributed by atoms with van der Waals surface area (Å²) in [6, 6.07) is 3.75. The van der Waals surface area contributed by atoms with E-state index < -0.39 is 0 Å². The molecule has 0 spiro atoms. The molecule has 1 fully saturated rings. The van der Waals surface area contributed by atoms with E-state index in [-0.39, 0.29) is 0 Å². The van der Waals surface area contributed by atoms with Gasteiger partial charge >= 0.3 is 0 Å². The molecular weight excluding hydrogens is 248 g/mol. The van der Waals surface area contributed by atoms with E-state index in [1.54, 1.807) is 0 Å².